The summed E-state index contributed by atoms with van der Waals surface area (Å²) in [5.41, 5.74) is 6.38. The van der Waals surface area contributed by atoms with E-state index in [2.05, 4.69) is 0 Å². The van der Waals surface area contributed by atoms with Gasteiger partial charge in [-0.25, -0.2) is 4.39 Å². The number of nitrogens with two attached hydrogens (primary N) is 1. The summed E-state index contributed by atoms with van der Waals surface area (Å²) in [5.74, 6) is -0.180. The van der Waals surface area contributed by atoms with E-state index in [-0.39, 0.29) is 11.8 Å². The Hall–Kier alpha value is -0.800. The lowest BCUT2D eigenvalue weighted by Gasteiger charge is -2.24. The molecular weight excluding hydrogens is 193 g/mol. The smallest absolute Gasteiger partial charge is 0.165 e. The maximum atomic E-state index is 13.2. The normalized spacial score (nSPS) is 20.7. The van der Waals surface area contributed by atoms with Gasteiger partial charge in [0.2, 0.25) is 0 Å². The Kier molecular flexibility index (Phi) is 2.14. The predicted octanol–water partition coefficient (Wildman–Crippen LogP) is 2.26. The van der Waals surface area contributed by atoms with Crippen molar-refractivity contribution in [2.24, 2.45) is 5.73 Å². The van der Waals surface area contributed by atoms with Crippen LogP contribution in [0.25, 0.3) is 0 Å². The Balaban J connectivity index is 2.60. The molecule has 13 heavy (non-hydrogen) atoms. The van der Waals surface area contributed by atoms with Gasteiger partial charge in [-0.15, -0.1) is 0 Å². The van der Waals surface area contributed by atoms with E-state index < -0.39 is 5.82 Å². The van der Waals surface area contributed by atoms with Crippen molar-refractivity contribution in [3.8, 4) is 5.75 Å². The molecule has 1 aliphatic heterocycles. The minimum atomic E-state index is -0.394. The second-order valence-corrected chi connectivity index (χ2v) is 3.42. The number of halogens is 2. The van der Waals surface area contributed by atoms with Gasteiger partial charge in [-0.1, -0.05) is 11.6 Å². The van der Waals surface area contributed by atoms with E-state index in [1.807, 2.05) is 0 Å². The summed E-state index contributed by atoms with van der Waals surface area (Å²) >= 11 is 5.88. The number of hydrogen-bond acceptors (Lipinski definition) is 2. The number of hydrogen-bond donors (Lipinski definition) is 1. The quantitative estimate of drug-likeness (QED) is 0.699. The van der Waals surface area contributed by atoms with Gasteiger partial charge < -0.3 is 10.5 Å². The van der Waals surface area contributed by atoms with Gasteiger partial charge in [0.15, 0.2) is 11.6 Å². The van der Waals surface area contributed by atoms with Crippen molar-refractivity contribution in [3.05, 3.63) is 28.5 Å². The van der Waals surface area contributed by atoms with E-state index in [0.717, 1.165) is 0 Å². The third-order valence-electron chi connectivity index (χ3n) is 2.14. The van der Waals surface area contributed by atoms with Gasteiger partial charge in [-0.3, -0.25) is 0 Å². The zero-order valence-corrected chi connectivity index (χ0v) is 7.64. The molecule has 70 valence electrons. The lowest BCUT2D eigenvalue weighted by atomic mass is 10.0. The van der Waals surface area contributed by atoms with Crippen LogP contribution in [0.4, 0.5) is 4.39 Å². The summed E-state index contributed by atoms with van der Waals surface area (Å²) in [4.78, 5) is 0. The van der Waals surface area contributed by atoms with Crippen molar-refractivity contribution in [1.29, 1.82) is 0 Å². The Morgan fingerprint density at radius 2 is 2.31 bits per heavy atom. The molecule has 0 bridgehead atoms. The molecule has 1 aromatic carbocycles. The molecular formula is C9H9ClFNO. The Bertz CT molecular complexity index is 343. The van der Waals surface area contributed by atoms with Crippen LogP contribution in [0.3, 0.4) is 0 Å². The lowest BCUT2D eigenvalue weighted by Crippen LogP contribution is -2.21. The highest BCUT2D eigenvalue weighted by atomic mass is 35.5. The molecule has 0 saturated heterocycles. The summed E-state index contributed by atoms with van der Waals surface area (Å²) in [5, 5.41) is 0.476. The maximum absolute atomic E-state index is 13.2. The minimum absolute atomic E-state index is 0.214. The van der Waals surface area contributed by atoms with Crippen LogP contribution >= 0.6 is 11.6 Å². The molecule has 0 saturated carbocycles. The van der Waals surface area contributed by atoms with Crippen LogP contribution in [0.5, 0.6) is 5.75 Å². The SMILES string of the molecule is N[C@@H]1CCOc2c(F)ccc(Cl)c21. The Morgan fingerprint density at radius 1 is 1.54 bits per heavy atom. The molecule has 1 atom stereocenters. The summed E-state index contributed by atoms with van der Waals surface area (Å²) in [6, 6.07) is 2.58. The largest absolute Gasteiger partial charge is 0.490 e. The van der Waals surface area contributed by atoms with Gasteiger partial charge in [-0.2, -0.15) is 0 Å². The highest BCUT2D eigenvalue weighted by Gasteiger charge is 2.23. The van der Waals surface area contributed by atoms with E-state index >= 15 is 0 Å². The van der Waals surface area contributed by atoms with E-state index in [1.54, 1.807) is 0 Å². The van der Waals surface area contributed by atoms with Gasteiger partial charge in [0.1, 0.15) is 0 Å². The third-order valence-corrected chi connectivity index (χ3v) is 2.47. The molecule has 0 spiro atoms. The van der Waals surface area contributed by atoms with Gasteiger partial charge in [0, 0.05) is 23.0 Å². The van der Waals surface area contributed by atoms with Crippen molar-refractivity contribution in [2.45, 2.75) is 12.5 Å². The van der Waals surface area contributed by atoms with Gasteiger partial charge in [0.05, 0.1) is 6.61 Å². The topological polar surface area (TPSA) is 35.2 Å². The van der Waals surface area contributed by atoms with Crippen LogP contribution in [0.15, 0.2) is 12.1 Å². The first-order valence-electron chi connectivity index (χ1n) is 4.06. The first-order chi connectivity index (χ1) is 6.20. The summed E-state index contributed by atoms with van der Waals surface area (Å²) in [7, 11) is 0. The van der Waals surface area contributed by atoms with Crippen molar-refractivity contribution >= 4 is 11.6 Å². The van der Waals surface area contributed by atoms with Gasteiger partial charge in [0.25, 0.3) is 0 Å². The highest BCUT2D eigenvalue weighted by Crippen LogP contribution is 2.37. The van der Waals surface area contributed by atoms with Crippen molar-refractivity contribution in [1.82, 2.24) is 0 Å². The monoisotopic (exact) mass is 201 g/mol. The first kappa shape index (κ1) is 8.78. The van der Waals surface area contributed by atoms with Crippen molar-refractivity contribution in [3.63, 3.8) is 0 Å². The van der Waals surface area contributed by atoms with Crippen LogP contribution in [0, 0.1) is 5.82 Å². The minimum Gasteiger partial charge on any atom is -0.490 e. The molecule has 1 aromatic rings. The molecule has 0 fully saturated rings. The average Bonchev–Trinajstić information content (AvgIpc) is 2.12. The molecule has 2 rings (SSSR count). The van der Waals surface area contributed by atoms with E-state index in [0.29, 0.717) is 23.6 Å². The van der Waals surface area contributed by atoms with Gasteiger partial charge >= 0.3 is 0 Å². The summed E-state index contributed by atoms with van der Waals surface area (Å²) < 4.78 is 18.4. The zero-order valence-electron chi connectivity index (χ0n) is 6.89. The number of fused-ring (bicyclic) bond motifs is 1. The second-order valence-electron chi connectivity index (χ2n) is 3.02. The van der Waals surface area contributed by atoms with Gasteiger partial charge in [-0.05, 0) is 12.1 Å². The zero-order chi connectivity index (χ0) is 9.42. The molecule has 0 aromatic heterocycles. The van der Waals surface area contributed by atoms with Crippen molar-refractivity contribution in [2.75, 3.05) is 6.61 Å². The van der Waals surface area contributed by atoms with Crippen LogP contribution in [0.2, 0.25) is 5.02 Å². The van der Waals surface area contributed by atoms with Crippen LogP contribution in [0.1, 0.15) is 18.0 Å². The predicted molar refractivity (Wildman–Crippen MR) is 48.5 cm³/mol. The van der Waals surface area contributed by atoms with E-state index in [1.165, 1.54) is 12.1 Å². The van der Waals surface area contributed by atoms with Crippen LogP contribution in [-0.2, 0) is 0 Å². The number of ether oxygens (including phenoxy) is 1. The fourth-order valence-electron chi connectivity index (χ4n) is 1.47. The molecule has 1 aliphatic rings. The maximum Gasteiger partial charge on any atom is 0.165 e. The third kappa shape index (κ3) is 1.38. The van der Waals surface area contributed by atoms with Crippen molar-refractivity contribution < 1.29 is 9.13 Å². The molecule has 2 nitrogen and oxygen atoms in total. The molecule has 4 heteroatoms. The molecule has 1 heterocycles. The molecule has 0 unspecified atom stereocenters. The fourth-order valence-corrected chi connectivity index (χ4v) is 1.76. The van der Waals surface area contributed by atoms with E-state index in [4.69, 9.17) is 22.1 Å². The highest BCUT2D eigenvalue weighted by molar-refractivity contribution is 6.31. The second kappa shape index (κ2) is 3.16. The Morgan fingerprint density at radius 3 is 3.00 bits per heavy atom. The molecule has 0 aliphatic carbocycles. The lowest BCUT2D eigenvalue weighted by molar-refractivity contribution is 0.255. The molecule has 0 radical (unpaired) electrons. The fraction of sp³-hybridized carbons (Fsp3) is 0.333. The molecule has 0 amide bonds. The average molecular weight is 202 g/mol. The van der Waals surface area contributed by atoms with Crippen LogP contribution in [-0.4, -0.2) is 6.61 Å². The Labute approximate surface area is 80.4 Å². The number of benzene rings is 1. The number of rotatable bonds is 0. The standard InChI is InChI=1S/C9H9ClFNO/c10-5-1-2-6(11)9-8(5)7(12)3-4-13-9/h1-2,7H,3-4,12H2/t7-/m1/s1. The van der Waals surface area contributed by atoms with Crippen LogP contribution < -0.4 is 10.5 Å². The summed E-state index contributed by atoms with van der Waals surface area (Å²) in [6.07, 6.45) is 0.677. The molecule has 2 N–H and O–H groups in total. The van der Waals surface area contributed by atoms with E-state index in [9.17, 15) is 4.39 Å². The summed E-state index contributed by atoms with van der Waals surface area (Å²) in [6.45, 7) is 0.450. The first-order valence-corrected chi connectivity index (χ1v) is 4.44.